The first-order valence-electron chi connectivity index (χ1n) is 9.24. The maximum Gasteiger partial charge on any atom is 0.251 e. The van der Waals surface area contributed by atoms with E-state index < -0.39 is 0 Å². The Kier molecular flexibility index (Phi) is 6.22. The lowest BCUT2D eigenvalue weighted by Gasteiger charge is -2.10. The van der Waals surface area contributed by atoms with Gasteiger partial charge >= 0.3 is 0 Å². The predicted molar refractivity (Wildman–Crippen MR) is 109 cm³/mol. The Hall–Kier alpha value is -3.41. The summed E-state index contributed by atoms with van der Waals surface area (Å²) < 4.78 is 1.75. The molecular formula is C22H24N4O2. The first-order chi connectivity index (χ1) is 13.5. The molecule has 144 valence electrons. The molecule has 0 spiro atoms. The number of nitrogens with one attached hydrogen (secondary N) is 2. The van der Waals surface area contributed by atoms with Crippen molar-refractivity contribution in [3.8, 4) is 0 Å². The van der Waals surface area contributed by atoms with Crippen LogP contribution < -0.4 is 10.6 Å². The standard InChI is InChI=1S/C22H24N4O2/c1-16-6-5-8-18(14-16)15-26-20(10-13-24-26)25-21(27)11-12-23-22(28)19-9-4-3-7-17(19)2/h3-10,13-14H,11-12,15H2,1-2H3,(H,23,28)(H,25,27). The van der Waals surface area contributed by atoms with E-state index in [1.54, 1.807) is 23.0 Å². The van der Waals surface area contributed by atoms with Gasteiger partial charge in [0, 0.05) is 24.6 Å². The van der Waals surface area contributed by atoms with E-state index in [1.165, 1.54) is 5.56 Å². The molecule has 2 aromatic carbocycles. The van der Waals surface area contributed by atoms with Crippen LogP contribution in [0.15, 0.2) is 60.8 Å². The molecule has 1 aromatic heterocycles. The lowest BCUT2D eigenvalue weighted by atomic mass is 10.1. The lowest BCUT2D eigenvalue weighted by molar-refractivity contribution is -0.116. The maximum absolute atomic E-state index is 12.3. The molecule has 3 aromatic rings. The van der Waals surface area contributed by atoms with Crippen LogP contribution in [0.4, 0.5) is 5.82 Å². The number of anilines is 1. The highest BCUT2D eigenvalue weighted by molar-refractivity contribution is 5.96. The summed E-state index contributed by atoms with van der Waals surface area (Å²) in [5.74, 6) is 0.295. The molecule has 6 nitrogen and oxygen atoms in total. The average Bonchev–Trinajstić information content (AvgIpc) is 3.08. The molecule has 2 N–H and O–H groups in total. The van der Waals surface area contributed by atoms with Crippen LogP contribution in [-0.4, -0.2) is 28.1 Å². The smallest absolute Gasteiger partial charge is 0.251 e. The van der Waals surface area contributed by atoms with Crippen LogP contribution in [0.1, 0.15) is 33.5 Å². The van der Waals surface area contributed by atoms with E-state index in [4.69, 9.17) is 0 Å². The van der Waals surface area contributed by atoms with Gasteiger partial charge in [-0.05, 0) is 31.0 Å². The molecule has 0 unspecified atom stereocenters. The van der Waals surface area contributed by atoms with Crippen molar-refractivity contribution in [3.63, 3.8) is 0 Å². The zero-order valence-corrected chi connectivity index (χ0v) is 16.1. The third-order valence-corrected chi connectivity index (χ3v) is 4.43. The minimum atomic E-state index is -0.171. The van der Waals surface area contributed by atoms with E-state index in [0.29, 0.717) is 17.9 Å². The molecule has 0 radical (unpaired) electrons. The normalized spacial score (nSPS) is 10.5. The summed E-state index contributed by atoms with van der Waals surface area (Å²) in [6.07, 6.45) is 1.85. The molecule has 3 rings (SSSR count). The molecule has 28 heavy (non-hydrogen) atoms. The summed E-state index contributed by atoms with van der Waals surface area (Å²) in [6, 6.07) is 17.3. The van der Waals surface area contributed by atoms with Gasteiger partial charge in [-0.15, -0.1) is 0 Å². The number of nitrogens with zero attached hydrogens (tertiary/aromatic N) is 2. The van der Waals surface area contributed by atoms with Gasteiger partial charge < -0.3 is 10.6 Å². The topological polar surface area (TPSA) is 76.0 Å². The molecule has 0 saturated heterocycles. The minimum absolute atomic E-state index is 0.170. The Balaban J connectivity index is 1.51. The lowest BCUT2D eigenvalue weighted by Crippen LogP contribution is -2.28. The molecular weight excluding hydrogens is 352 g/mol. The van der Waals surface area contributed by atoms with Gasteiger partial charge in [-0.1, -0.05) is 48.0 Å². The summed E-state index contributed by atoms with van der Waals surface area (Å²) in [5, 5.41) is 9.93. The van der Waals surface area contributed by atoms with Crippen molar-refractivity contribution in [2.45, 2.75) is 26.8 Å². The Morgan fingerprint density at radius 3 is 2.64 bits per heavy atom. The summed E-state index contributed by atoms with van der Waals surface area (Å²) >= 11 is 0. The van der Waals surface area contributed by atoms with Gasteiger partial charge in [0.25, 0.3) is 5.91 Å². The SMILES string of the molecule is Cc1cccc(Cn2nccc2NC(=O)CCNC(=O)c2ccccc2C)c1. The Morgan fingerprint density at radius 2 is 1.86 bits per heavy atom. The van der Waals surface area contributed by atoms with Gasteiger partial charge in [-0.25, -0.2) is 4.68 Å². The zero-order chi connectivity index (χ0) is 19.9. The van der Waals surface area contributed by atoms with Crippen LogP contribution in [0, 0.1) is 13.8 Å². The second kappa shape index (κ2) is 8.99. The summed E-state index contributed by atoms with van der Waals surface area (Å²) in [4.78, 5) is 24.4. The third kappa shape index (κ3) is 5.07. The van der Waals surface area contributed by atoms with E-state index in [1.807, 2.05) is 50.2 Å². The van der Waals surface area contributed by atoms with Crippen molar-refractivity contribution in [3.05, 3.63) is 83.0 Å². The van der Waals surface area contributed by atoms with Crippen molar-refractivity contribution in [2.75, 3.05) is 11.9 Å². The molecule has 2 amide bonds. The van der Waals surface area contributed by atoms with Crippen LogP contribution in [0.5, 0.6) is 0 Å². The number of amides is 2. The van der Waals surface area contributed by atoms with Crippen LogP contribution in [0.25, 0.3) is 0 Å². The van der Waals surface area contributed by atoms with Crippen LogP contribution in [-0.2, 0) is 11.3 Å². The second-order valence-electron chi connectivity index (χ2n) is 6.73. The fourth-order valence-electron chi connectivity index (χ4n) is 2.97. The van der Waals surface area contributed by atoms with Crippen molar-refractivity contribution >= 4 is 17.6 Å². The number of hydrogen-bond donors (Lipinski definition) is 2. The molecule has 0 aliphatic rings. The van der Waals surface area contributed by atoms with Gasteiger partial charge in [0.05, 0.1) is 12.7 Å². The van der Waals surface area contributed by atoms with E-state index in [-0.39, 0.29) is 24.8 Å². The van der Waals surface area contributed by atoms with Gasteiger partial charge in [0.15, 0.2) is 0 Å². The largest absolute Gasteiger partial charge is 0.352 e. The number of hydrogen-bond acceptors (Lipinski definition) is 3. The number of aromatic nitrogens is 2. The molecule has 0 aliphatic heterocycles. The molecule has 0 atom stereocenters. The van der Waals surface area contributed by atoms with Crippen molar-refractivity contribution in [1.82, 2.24) is 15.1 Å². The Labute approximate surface area is 164 Å². The fourth-order valence-corrected chi connectivity index (χ4v) is 2.97. The highest BCUT2D eigenvalue weighted by atomic mass is 16.2. The van der Waals surface area contributed by atoms with Crippen molar-refractivity contribution in [1.29, 1.82) is 0 Å². The Morgan fingerprint density at radius 1 is 1.04 bits per heavy atom. The molecule has 0 bridgehead atoms. The van der Waals surface area contributed by atoms with Crippen molar-refractivity contribution < 1.29 is 9.59 Å². The fraction of sp³-hybridized carbons (Fsp3) is 0.227. The first-order valence-corrected chi connectivity index (χ1v) is 9.24. The van der Waals surface area contributed by atoms with Crippen LogP contribution in [0.3, 0.4) is 0 Å². The van der Waals surface area contributed by atoms with Gasteiger partial charge in [0.1, 0.15) is 5.82 Å². The predicted octanol–water partition coefficient (Wildman–Crippen LogP) is 3.31. The van der Waals surface area contributed by atoms with Gasteiger partial charge in [-0.3, -0.25) is 9.59 Å². The third-order valence-electron chi connectivity index (χ3n) is 4.43. The van der Waals surface area contributed by atoms with Gasteiger partial charge in [-0.2, -0.15) is 5.10 Å². The van der Waals surface area contributed by atoms with Crippen molar-refractivity contribution in [2.24, 2.45) is 0 Å². The second-order valence-corrected chi connectivity index (χ2v) is 6.73. The monoisotopic (exact) mass is 376 g/mol. The molecule has 0 saturated carbocycles. The van der Waals surface area contributed by atoms with E-state index in [0.717, 1.165) is 11.1 Å². The molecule has 1 heterocycles. The first kappa shape index (κ1) is 19.4. The van der Waals surface area contributed by atoms with E-state index in [9.17, 15) is 9.59 Å². The molecule has 0 fully saturated rings. The quantitative estimate of drug-likeness (QED) is 0.664. The number of carbonyl (C=O) groups excluding carboxylic acids is 2. The Bertz CT molecular complexity index is 978. The highest BCUT2D eigenvalue weighted by Crippen LogP contribution is 2.12. The van der Waals surface area contributed by atoms with Crippen LogP contribution >= 0.6 is 0 Å². The summed E-state index contributed by atoms with van der Waals surface area (Å²) in [6.45, 7) is 4.77. The summed E-state index contributed by atoms with van der Waals surface area (Å²) in [7, 11) is 0. The highest BCUT2D eigenvalue weighted by Gasteiger charge is 2.11. The molecule has 6 heteroatoms. The summed E-state index contributed by atoms with van der Waals surface area (Å²) in [5.41, 5.74) is 3.83. The number of rotatable bonds is 7. The van der Waals surface area contributed by atoms with E-state index >= 15 is 0 Å². The molecule has 0 aliphatic carbocycles. The number of aryl methyl sites for hydroxylation is 2. The average molecular weight is 376 g/mol. The van der Waals surface area contributed by atoms with Gasteiger partial charge in [0.2, 0.25) is 5.91 Å². The maximum atomic E-state index is 12.3. The van der Waals surface area contributed by atoms with E-state index in [2.05, 4.69) is 21.8 Å². The number of carbonyl (C=O) groups is 2. The van der Waals surface area contributed by atoms with Crippen LogP contribution in [0.2, 0.25) is 0 Å². The minimum Gasteiger partial charge on any atom is -0.352 e. The number of benzene rings is 2. The zero-order valence-electron chi connectivity index (χ0n) is 16.1.